The molecule has 2 amide bonds. The summed E-state index contributed by atoms with van der Waals surface area (Å²) in [5.41, 5.74) is 8.05. The van der Waals surface area contributed by atoms with Crippen LogP contribution in [-0.2, 0) is 16.0 Å². The molecular formula is C19H27N3O2. The van der Waals surface area contributed by atoms with E-state index in [-0.39, 0.29) is 23.8 Å². The molecule has 1 aliphatic heterocycles. The second-order valence-electron chi connectivity index (χ2n) is 7.14. The summed E-state index contributed by atoms with van der Waals surface area (Å²) in [6.07, 6.45) is 6.88. The Hall–Kier alpha value is -1.88. The molecule has 3 N–H and O–H groups in total. The van der Waals surface area contributed by atoms with Crippen molar-refractivity contribution < 1.29 is 9.59 Å². The lowest BCUT2D eigenvalue weighted by Gasteiger charge is -2.35. The van der Waals surface area contributed by atoms with Crippen LogP contribution < -0.4 is 16.0 Å². The Morgan fingerprint density at radius 2 is 1.92 bits per heavy atom. The zero-order valence-corrected chi connectivity index (χ0v) is 14.2. The number of rotatable bonds is 5. The molecule has 5 nitrogen and oxygen atoms in total. The highest BCUT2D eigenvalue weighted by Crippen LogP contribution is 2.38. The van der Waals surface area contributed by atoms with Crippen LogP contribution >= 0.6 is 0 Å². The minimum Gasteiger partial charge on any atom is -0.347 e. The minimum atomic E-state index is -0.0639. The first-order chi connectivity index (χ1) is 11.6. The quantitative estimate of drug-likeness (QED) is 0.867. The lowest BCUT2D eigenvalue weighted by atomic mass is 9.71. The Morgan fingerprint density at radius 1 is 1.17 bits per heavy atom. The Kier molecular flexibility index (Phi) is 5.19. The number of carbonyl (C=O) groups is 2. The average molecular weight is 329 g/mol. The van der Waals surface area contributed by atoms with E-state index in [2.05, 4.69) is 11.4 Å². The summed E-state index contributed by atoms with van der Waals surface area (Å²) in [5.74, 6) is -0.0954. The summed E-state index contributed by atoms with van der Waals surface area (Å²) in [6, 6.07) is 7.95. The maximum atomic E-state index is 12.4. The Bertz CT molecular complexity index is 608. The van der Waals surface area contributed by atoms with Gasteiger partial charge in [-0.05, 0) is 42.9 Å². The normalized spacial score (nSPS) is 19.0. The number of fused-ring (bicyclic) bond motifs is 1. The molecule has 1 aliphatic carbocycles. The molecule has 24 heavy (non-hydrogen) atoms. The first-order valence-corrected chi connectivity index (χ1v) is 8.99. The SMILES string of the molecule is NCC1(CC(=O)NCC(=O)N2CCc3ccccc32)CCCCC1. The van der Waals surface area contributed by atoms with Crippen LogP contribution in [-0.4, -0.2) is 31.4 Å². The van der Waals surface area contributed by atoms with Crippen LogP contribution in [0.15, 0.2) is 24.3 Å². The number of nitrogens with one attached hydrogen (secondary N) is 1. The average Bonchev–Trinajstić information content (AvgIpc) is 3.04. The van der Waals surface area contributed by atoms with E-state index in [9.17, 15) is 9.59 Å². The highest BCUT2D eigenvalue weighted by molar-refractivity contribution is 5.98. The maximum Gasteiger partial charge on any atom is 0.246 e. The van der Waals surface area contributed by atoms with Crippen molar-refractivity contribution in [3.05, 3.63) is 29.8 Å². The van der Waals surface area contributed by atoms with Crippen LogP contribution in [0, 0.1) is 5.41 Å². The molecule has 0 saturated heterocycles. The van der Waals surface area contributed by atoms with Crippen molar-refractivity contribution in [1.82, 2.24) is 5.32 Å². The lowest BCUT2D eigenvalue weighted by Crippen LogP contribution is -2.43. The van der Waals surface area contributed by atoms with Gasteiger partial charge >= 0.3 is 0 Å². The van der Waals surface area contributed by atoms with E-state index in [1.165, 1.54) is 12.0 Å². The zero-order chi connectivity index (χ0) is 17.0. The maximum absolute atomic E-state index is 12.4. The number of benzene rings is 1. The Labute approximate surface area is 143 Å². The summed E-state index contributed by atoms with van der Waals surface area (Å²) in [5, 5.41) is 2.81. The monoisotopic (exact) mass is 329 g/mol. The summed E-state index contributed by atoms with van der Waals surface area (Å²) in [4.78, 5) is 26.5. The smallest absolute Gasteiger partial charge is 0.246 e. The third kappa shape index (κ3) is 3.61. The number of anilines is 1. The fourth-order valence-corrected chi connectivity index (χ4v) is 4.02. The second kappa shape index (κ2) is 7.34. The minimum absolute atomic E-state index is 0.0428. The number of amides is 2. The molecule has 0 bridgehead atoms. The highest BCUT2D eigenvalue weighted by atomic mass is 16.2. The molecule has 3 rings (SSSR count). The van der Waals surface area contributed by atoms with Gasteiger partial charge in [0, 0.05) is 18.7 Å². The molecule has 0 aromatic heterocycles. The summed E-state index contributed by atoms with van der Waals surface area (Å²) in [6.45, 7) is 1.31. The number of hydrogen-bond donors (Lipinski definition) is 2. The van der Waals surface area contributed by atoms with Crippen molar-refractivity contribution in [2.75, 3.05) is 24.5 Å². The Morgan fingerprint density at radius 3 is 2.67 bits per heavy atom. The molecule has 130 valence electrons. The molecule has 0 atom stereocenters. The zero-order valence-electron chi connectivity index (χ0n) is 14.2. The molecule has 1 saturated carbocycles. The van der Waals surface area contributed by atoms with Gasteiger partial charge in [0.25, 0.3) is 0 Å². The van der Waals surface area contributed by atoms with Crippen molar-refractivity contribution in [2.24, 2.45) is 11.1 Å². The van der Waals surface area contributed by atoms with Crippen molar-refractivity contribution in [1.29, 1.82) is 0 Å². The van der Waals surface area contributed by atoms with Crippen molar-refractivity contribution in [3.8, 4) is 0 Å². The van der Waals surface area contributed by atoms with Gasteiger partial charge in [0.15, 0.2) is 0 Å². The summed E-state index contributed by atoms with van der Waals surface area (Å²) in [7, 11) is 0. The van der Waals surface area contributed by atoms with Crippen molar-refractivity contribution >= 4 is 17.5 Å². The van der Waals surface area contributed by atoms with E-state index in [1.807, 2.05) is 18.2 Å². The van der Waals surface area contributed by atoms with Crippen LogP contribution in [0.2, 0.25) is 0 Å². The number of hydrogen-bond acceptors (Lipinski definition) is 3. The third-order valence-corrected chi connectivity index (χ3v) is 5.51. The predicted molar refractivity (Wildman–Crippen MR) is 94.7 cm³/mol. The number of para-hydroxylation sites is 1. The van der Waals surface area contributed by atoms with Gasteiger partial charge in [-0.3, -0.25) is 9.59 Å². The molecule has 1 aromatic carbocycles. The number of nitrogens with zero attached hydrogens (tertiary/aromatic N) is 1. The fraction of sp³-hybridized carbons (Fsp3) is 0.579. The largest absolute Gasteiger partial charge is 0.347 e. The molecular weight excluding hydrogens is 302 g/mol. The van der Waals surface area contributed by atoms with Gasteiger partial charge < -0.3 is 16.0 Å². The van der Waals surface area contributed by atoms with Gasteiger partial charge in [-0.2, -0.15) is 0 Å². The molecule has 0 radical (unpaired) electrons. The molecule has 1 heterocycles. The first kappa shape index (κ1) is 17.0. The van der Waals surface area contributed by atoms with Gasteiger partial charge in [-0.1, -0.05) is 37.5 Å². The standard InChI is InChI=1S/C19H27N3O2/c20-14-19(9-4-1-5-10-19)12-17(23)21-13-18(24)22-11-8-15-6-2-3-7-16(15)22/h2-3,6-7H,1,4-5,8-14,20H2,(H,21,23). The van der Waals surface area contributed by atoms with E-state index in [1.54, 1.807) is 4.90 Å². The van der Waals surface area contributed by atoms with Gasteiger partial charge in [0.1, 0.15) is 0 Å². The summed E-state index contributed by atoms with van der Waals surface area (Å²) < 4.78 is 0. The topological polar surface area (TPSA) is 75.4 Å². The van der Waals surface area contributed by atoms with E-state index in [0.29, 0.717) is 19.5 Å². The van der Waals surface area contributed by atoms with E-state index >= 15 is 0 Å². The van der Waals surface area contributed by atoms with Crippen molar-refractivity contribution in [3.63, 3.8) is 0 Å². The van der Waals surface area contributed by atoms with E-state index in [4.69, 9.17) is 5.73 Å². The van der Waals surface area contributed by atoms with Gasteiger partial charge in [0.2, 0.25) is 11.8 Å². The van der Waals surface area contributed by atoms with Crippen LogP contribution in [0.25, 0.3) is 0 Å². The van der Waals surface area contributed by atoms with Crippen LogP contribution in [0.4, 0.5) is 5.69 Å². The van der Waals surface area contributed by atoms with Gasteiger partial charge in [-0.25, -0.2) is 0 Å². The number of nitrogens with two attached hydrogens (primary N) is 1. The number of carbonyl (C=O) groups excluding carboxylic acids is 2. The van der Waals surface area contributed by atoms with Gasteiger partial charge in [-0.15, -0.1) is 0 Å². The van der Waals surface area contributed by atoms with Crippen LogP contribution in [0.3, 0.4) is 0 Å². The van der Waals surface area contributed by atoms with Crippen LogP contribution in [0.1, 0.15) is 44.1 Å². The molecule has 1 aromatic rings. The molecule has 5 heteroatoms. The van der Waals surface area contributed by atoms with Gasteiger partial charge in [0.05, 0.1) is 6.54 Å². The van der Waals surface area contributed by atoms with E-state index < -0.39 is 0 Å². The second-order valence-corrected chi connectivity index (χ2v) is 7.14. The van der Waals surface area contributed by atoms with Crippen LogP contribution in [0.5, 0.6) is 0 Å². The highest BCUT2D eigenvalue weighted by Gasteiger charge is 2.33. The molecule has 0 unspecified atom stereocenters. The molecule has 0 spiro atoms. The van der Waals surface area contributed by atoms with Crippen molar-refractivity contribution in [2.45, 2.75) is 44.9 Å². The Balaban J connectivity index is 1.52. The molecule has 2 aliphatic rings. The summed E-state index contributed by atoms with van der Waals surface area (Å²) >= 11 is 0. The third-order valence-electron chi connectivity index (χ3n) is 5.51. The van der Waals surface area contributed by atoms with E-state index in [0.717, 1.165) is 37.8 Å². The molecule has 1 fully saturated rings. The lowest BCUT2D eigenvalue weighted by molar-refractivity contribution is -0.127. The predicted octanol–water partition coefficient (Wildman–Crippen LogP) is 1.99. The fourth-order valence-electron chi connectivity index (χ4n) is 4.02. The first-order valence-electron chi connectivity index (χ1n) is 8.99.